The minimum absolute atomic E-state index is 0.143. The van der Waals surface area contributed by atoms with Crippen LogP contribution in [0.3, 0.4) is 0 Å². The topological polar surface area (TPSA) is 67.4 Å². The van der Waals surface area contributed by atoms with Crippen LogP contribution < -0.4 is 15.4 Å². The molecular weight excluding hydrogens is 364 g/mol. The van der Waals surface area contributed by atoms with Gasteiger partial charge in [-0.05, 0) is 55.0 Å². The third kappa shape index (κ3) is 5.56. The average Bonchev–Trinajstić information content (AvgIpc) is 2.76. The molecule has 0 aliphatic heterocycles. The van der Waals surface area contributed by atoms with E-state index in [0.29, 0.717) is 17.0 Å². The molecule has 3 rings (SSSR count). The summed E-state index contributed by atoms with van der Waals surface area (Å²) in [5, 5.41) is 5.54. The van der Waals surface area contributed by atoms with E-state index in [-0.39, 0.29) is 11.6 Å². The van der Waals surface area contributed by atoms with Crippen LogP contribution in [-0.2, 0) is 4.79 Å². The number of aryl methyl sites for hydroxylation is 1. The highest BCUT2D eigenvalue weighted by Gasteiger charge is 2.15. The van der Waals surface area contributed by atoms with Crippen molar-refractivity contribution in [2.45, 2.75) is 6.92 Å². The molecule has 5 nitrogen and oxygen atoms in total. The summed E-state index contributed by atoms with van der Waals surface area (Å²) in [4.78, 5) is 25.5. The SMILES string of the molecule is COc1ccc(C=C(NC(=O)c2ccccc2)C(=O)Nc2ccc(C)cc2)cc1. The van der Waals surface area contributed by atoms with E-state index < -0.39 is 5.91 Å². The van der Waals surface area contributed by atoms with Gasteiger partial charge in [-0.1, -0.05) is 48.0 Å². The average molecular weight is 386 g/mol. The van der Waals surface area contributed by atoms with Crippen molar-refractivity contribution >= 4 is 23.6 Å². The highest BCUT2D eigenvalue weighted by Crippen LogP contribution is 2.15. The van der Waals surface area contributed by atoms with E-state index in [1.165, 1.54) is 0 Å². The first-order valence-electron chi connectivity index (χ1n) is 9.15. The number of methoxy groups -OCH3 is 1. The number of hydrogen-bond acceptors (Lipinski definition) is 3. The summed E-state index contributed by atoms with van der Waals surface area (Å²) in [5.41, 5.74) is 3.11. The zero-order chi connectivity index (χ0) is 20.6. The molecule has 0 aromatic heterocycles. The highest BCUT2D eigenvalue weighted by molar-refractivity contribution is 6.10. The van der Waals surface area contributed by atoms with Gasteiger partial charge in [0, 0.05) is 11.3 Å². The minimum Gasteiger partial charge on any atom is -0.497 e. The molecule has 146 valence electrons. The van der Waals surface area contributed by atoms with Gasteiger partial charge >= 0.3 is 0 Å². The van der Waals surface area contributed by atoms with Crippen molar-refractivity contribution in [3.63, 3.8) is 0 Å². The quantitative estimate of drug-likeness (QED) is 0.617. The molecule has 0 fully saturated rings. The van der Waals surface area contributed by atoms with Crippen molar-refractivity contribution < 1.29 is 14.3 Å². The lowest BCUT2D eigenvalue weighted by atomic mass is 10.1. The van der Waals surface area contributed by atoms with Gasteiger partial charge in [0.2, 0.25) is 0 Å². The smallest absolute Gasteiger partial charge is 0.272 e. The second-order valence-electron chi connectivity index (χ2n) is 6.47. The van der Waals surface area contributed by atoms with Crippen molar-refractivity contribution in [3.8, 4) is 5.75 Å². The maximum atomic E-state index is 12.9. The van der Waals surface area contributed by atoms with E-state index in [4.69, 9.17) is 4.74 Å². The summed E-state index contributed by atoms with van der Waals surface area (Å²) in [5.74, 6) is -0.0560. The van der Waals surface area contributed by atoms with Crippen LogP contribution in [0, 0.1) is 6.92 Å². The van der Waals surface area contributed by atoms with E-state index in [1.54, 1.807) is 49.6 Å². The monoisotopic (exact) mass is 386 g/mol. The van der Waals surface area contributed by atoms with Crippen molar-refractivity contribution in [2.75, 3.05) is 12.4 Å². The number of hydrogen-bond donors (Lipinski definition) is 2. The molecule has 2 N–H and O–H groups in total. The second-order valence-corrected chi connectivity index (χ2v) is 6.47. The number of rotatable bonds is 6. The molecule has 29 heavy (non-hydrogen) atoms. The first-order valence-corrected chi connectivity index (χ1v) is 9.15. The van der Waals surface area contributed by atoms with Crippen LogP contribution in [-0.4, -0.2) is 18.9 Å². The molecule has 0 aliphatic carbocycles. The fourth-order valence-corrected chi connectivity index (χ4v) is 2.64. The van der Waals surface area contributed by atoms with Gasteiger partial charge in [-0.2, -0.15) is 0 Å². The van der Waals surface area contributed by atoms with Crippen LogP contribution in [0.4, 0.5) is 5.69 Å². The van der Waals surface area contributed by atoms with Crippen molar-refractivity contribution in [3.05, 3.63) is 101 Å². The molecule has 0 atom stereocenters. The molecule has 0 bridgehead atoms. The third-order valence-electron chi connectivity index (χ3n) is 4.27. The Hall–Kier alpha value is -3.86. The zero-order valence-electron chi connectivity index (χ0n) is 16.3. The standard InChI is InChI=1S/C24H22N2O3/c1-17-8-12-20(13-9-17)25-24(28)22(16-18-10-14-21(29-2)15-11-18)26-23(27)19-6-4-3-5-7-19/h3-16H,1-2H3,(H,25,28)(H,26,27). The normalized spacial score (nSPS) is 10.9. The first kappa shape index (κ1) is 19.9. The maximum absolute atomic E-state index is 12.9. The summed E-state index contributed by atoms with van der Waals surface area (Å²) < 4.78 is 5.16. The number of amides is 2. The molecule has 3 aromatic carbocycles. The Labute approximate surface area is 170 Å². The fourth-order valence-electron chi connectivity index (χ4n) is 2.64. The summed E-state index contributed by atoms with van der Waals surface area (Å²) in [6, 6.07) is 23.4. The predicted molar refractivity (Wildman–Crippen MR) is 115 cm³/mol. The van der Waals surface area contributed by atoms with E-state index in [0.717, 1.165) is 11.1 Å². The van der Waals surface area contributed by atoms with Gasteiger partial charge in [-0.25, -0.2) is 0 Å². The molecule has 0 aliphatic rings. The predicted octanol–water partition coefficient (Wildman–Crippen LogP) is 4.41. The first-order chi connectivity index (χ1) is 14.0. The lowest BCUT2D eigenvalue weighted by molar-refractivity contribution is -0.113. The Bertz CT molecular complexity index is 1010. The number of nitrogens with one attached hydrogen (secondary N) is 2. The number of benzene rings is 3. The Morgan fingerprint density at radius 1 is 0.862 bits per heavy atom. The van der Waals surface area contributed by atoms with Gasteiger partial charge in [-0.3, -0.25) is 9.59 Å². The lowest BCUT2D eigenvalue weighted by Gasteiger charge is -2.12. The molecule has 2 amide bonds. The van der Waals surface area contributed by atoms with Crippen LogP contribution in [0.25, 0.3) is 6.08 Å². The van der Waals surface area contributed by atoms with Crippen LogP contribution in [0.15, 0.2) is 84.6 Å². The van der Waals surface area contributed by atoms with Gasteiger partial charge in [0.25, 0.3) is 11.8 Å². The number of anilines is 1. The van der Waals surface area contributed by atoms with Crippen LogP contribution in [0.1, 0.15) is 21.5 Å². The summed E-state index contributed by atoms with van der Waals surface area (Å²) in [6.45, 7) is 1.97. The lowest BCUT2D eigenvalue weighted by Crippen LogP contribution is -2.30. The van der Waals surface area contributed by atoms with E-state index in [1.807, 2.05) is 49.4 Å². The Kier molecular flexibility index (Phi) is 6.43. The Morgan fingerprint density at radius 3 is 2.14 bits per heavy atom. The van der Waals surface area contributed by atoms with Crippen LogP contribution in [0.2, 0.25) is 0 Å². The number of carbonyl (C=O) groups is 2. The third-order valence-corrected chi connectivity index (χ3v) is 4.27. The molecule has 0 spiro atoms. The molecule has 0 saturated carbocycles. The van der Waals surface area contributed by atoms with Gasteiger partial charge in [0.05, 0.1) is 7.11 Å². The van der Waals surface area contributed by atoms with E-state index >= 15 is 0 Å². The van der Waals surface area contributed by atoms with Gasteiger partial charge < -0.3 is 15.4 Å². The number of ether oxygens (including phenoxy) is 1. The molecule has 3 aromatic rings. The molecule has 0 unspecified atom stereocenters. The van der Waals surface area contributed by atoms with Crippen LogP contribution >= 0.6 is 0 Å². The van der Waals surface area contributed by atoms with E-state index in [2.05, 4.69) is 10.6 Å². The zero-order valence-corrected chi connectivity index (χ0v) is 16.3. The van der Waals surface area contributed by atoms with Gasteiger partial charge in [-0.15, -0.1) is 0 Å². The number of carbonyl (C=O) groups excluding carboxylic acids is 2. The minimum atomic E-state index is -0.408. The summed E-state index contributed by atoms with van der Waals surface area (Å²) in [7, 11) is 1.59. The fraction of sp³-hybridized carbons (Fsp3) is 0.0833. The molecule has 5 heteroatoms. The molecule has 0 radical (unpaired) electrons. The highest BCUT2D eigenvalue weighted by atomic mass is 16.5. The Morgan fingerprint density at radius 2 is 1.52 bits per heavy atom. The molecule has 0 saturated heterocycles. The molecule has 0 heterocycles. The second kappa shape index (κ2) is 9.37. The van der Waals surface area contributed by atoms with Crippen molar-refractivity contribution in [1.29, 1.82) is 0 Å². The molecular formula is C24H22N2O3. The van der Waals surface area contributed by atoms with E-state index in [9.17, 15) is 9.59 Å². The largest absolute Gasteiger partial charge is 0.497 e. The summed E-state index contributed by atoms with van der Waals surface area (Å²) >= 11 is 0. The van der Waals surface area contributed by atoms with Crippen LogP contribution in [0.5, 0.6) is 5.75 Å². The van der Waals surface area contributed by atoms with Gasteiger partial charge in [0.1, 0.15) is 11.4 Å². The summed E-state index contributed by atoms with van der Waals surface area (Å²) in [6.07, 6.45) is 1.63. The van der Waals surface area contributed by atoms with Gasteiger partial charge in [0.15, 0.2) is 0 Å². The maximum Gasteiger partial charge on any atom is 0.272 e. The van der Waals surface area contributed by atoms with Crippen molar-refractivity contribution in [2.24, 2.45) is 0 Å². The van der Waals surface area contributed by atoms with Crippen molar-refractivity contribution in [1.82, 2.24) is 5.32 Å². The Balaban J connectivity index is 1.86.